The van der Waals surface area contributed by atoms with Gasteiger partial charge < -0.3 is 0 Å². The number of hydrogen-bond acceptors (Lipinski definition) is 0. The first-order valence-corrected chi connectivity index (χ1v) is 4.24. The molecule has 55 valence electrons. The highest BCUT2D eigenvalue weighted by molar-refractivity contribution is 7.47. The molecule has 0 nitrogen and oxygen atoms in total. The highest BCUT2D eigenvalue weighted by Crippen LogP contribution is 2.06. The predicted octanol–water partition coefficient (Wildman–Crippen LogP) is 2.70. The largest absolute Gasteiger partial charge is 0.147 e. The van der Waals surface area contributed by atoms with Crippen molar-refractivity contribution in [1.82, 2.24) is 0 Å². The summed E-state index contributed by atoms with van der Waals surface area (Å²) in [5.74, 6) is 0. The van der Waals surface area contributed by atoms with E-state index in [0.717, 1.165) is 0 Å². The molecule has 0 heterocycles. The highest BCUT2D eigenvalue weighted by atomic mass is 35.5. The second-order valence-corrected chi connectivity index (χ2v) is 3.27. The number of halogens is 1. The first-order valence-electron chi connectivity index (χ1n) is 3.16. The smallest absolute Gasteiger partial charge is 0.0194 e. The predicted molar refractivity (Wildman–Crippen MR) is 50.8 cm³/mol. The summed E-state index contributed by atoms with van der Waals surface area (Å²) in [6.45, 7) is 2.19. The van der Waals surface area contributed by atoms with Crippen molar-refractivity contribution in [1.29, 1.82) is 0 Å². The van der Waals surface area contributed by atoms with Crippen LogP contribution in [0.25, 0.3) is 0 Å². The Hall–Kier alpha value is -0.0600. The Balaban J connectivity index is 0.000000810. The maximum Gasteiger partial charge on any atom is -0.0194 e. The van der Waals surface area contributed by atoms with E-state index < -0.39 is 0 Å². The topological polar surface area (TPSA) is 0 Å². The van der Waals surface area contributed by atoms with Gasteiger partial charge >= 0.3 is 0 Å². The summed E-state index contributed by atoms with van der Waals surface area (Å²) in [4.78, 5) is 0. The molecule has 0 fully saturated rings. The molecule has 1 aromatic rings. The quantitative estimate of drug-likeness (QED) is 0.604. The lowest BCUT2D eigenvalue weighted by molar-refractivity contribution is 1.52. The molecule has 0 saturated heterocycles. The second-order valence-electron chi connectivity index (χ2n) is 1.81. The van der Waals surface area contributed by atoms with Crippen LogP contribution < -0.4 is 5.30 Å². The summed E-state index contributed by atoms with van der Waals surface area (Å²) >= 11 is 0. The Morgan fingerprint density at radius 3 is 2.30 bits per heavy atom. The third kappa shape index (κ3) is 3.20. The van der Waals surface area contributed by atoms with Crippen molar-refractivity contribution in [2.75, 3.05) is 6.16 Å². The molecule has 0 aromatic heterocycles. The number of hydrogen-bond donors (Lipinski definition) is 0. The lowest BCUT2D eigenvalue weighted by Crippen LogP contribution is -1.90. The molecule has 2 heteroatoms. The fourth-order valence-corrected chi connectivity index (χ4v) is 1.46. The monoisotopic (exact) mass is 173 g/mol. The number of benzene rings is 1. The van der Waals surface area contributed by atoms with Gasteiger partial charge in [0, 0.05) is 0 Å². The van der Waals surface area contributed by atoms with Crippen LogP contribution in [0.3, 0.4) is 0 Å². The van der Waals surface area contributed by atoms with Gasteiger partial charge in [0.25, 0.3) is 0 Å². The number of rotatable bonds is 2. The molecule has 0 N–H and O–H groups in total. The van der Waals surface area contributed by atoms with Crippen LogP contribution in [-0.4, -0.2) is 6.16 Å². The van der Waals surface area contributed by atoms with Crippen LogP contribution in [0.15, 0.2) is 30.3 Å². The average Bonchev–Trinajstić information content (AvgIpc) is 1.91. The highest BCUT2D eigenvalue weighted by Gasteiger charge is 1.85. The van der Waals surface area contributed by atoms with E-state index in [1.807, 2.05) is 0 Å². The maximum absolute atomic E-state index is 2.19. The van der Waals surface area contributed by atoms with E-state index in [9.17, 15) is 0 Å². The SMILES string of the molecule is CC[P]c1ccccc1.Cl. The minimum absolute atomic E-state index is 0. The van der Waals surface area contributed by atoms with E-state index in [-0.39, 0.29) is 12.4 Å². The van der Waals surface area contributed by atoms with Crippen molar-refractivity contribution in [3.63, 3.8) is 0 Å². The van der Waals surface area contributed by atoms with E-state index in [1.165, 1.54) is 20.0 Å². The molecule has 0 saturated carbocycles. The molecule has 0 unspecified atom stereocenters. The van der Waals surface area contributed by atoms with Crippen LogP contribution >= 0.6 is 21.0 Å². The van der Waals surface area contributed by atoms with Gasteiger partial charge in [-0.2, -0.15) is 0 Å². The van der Waals surface area contributed by atoms with Crippen molar-refractivity contribution in [2.24, 2.45) is 0 Å². The Morgan fingerprint density at radius 2 is 1.80 bits per heavy atom. The van der Waals surface area contributed by atoms with E-state index in [4.69, 9.17) is 0 Å². The molecule has 0 aliphatic rings. The summed E-state index contributed by atoms with van der Waals surface area (Å²) in [5, 5.41) is 1.42. The van der Waals surface area contributed by atoms with Gasteiger partial charge in [0.05, 0.1) is 0 Å². The third-order valence-electron chi connectivity index (χ3n) is 1.10. The lowest BCUT2D eigenvalue weighted by Gasteiger charge is -1.92. The maximum atomic E-state index is 2.19. The van der Waals surface area contributed by atoms with Crippen molar-refractivity contribution in [2.45, 2.75) is 6.92 Å². The Kier molecular flexibility index (Phi) is 5.67. The summed E-state index contributed by atoms with van der Waals surface area (Å²) in [7, 11) is 1.43. The summed E-state index contributed by atoms with van der Waals surface area (Å²) < 4.78 is 0. The van der Waals surface area contributed by atoms with Crippen LogP contribution in [0.5, 0.6) is 0 Å². The molecule has 1 rings (SSSR count). The van der Waals surface area contributed by atoms with Gasteiger partial charge in [-0.25, -0.2) is 0 Å². The molecule has 1 radical (unpaired) electrons. The van der Waals surface area contributed by atoms with Crippen LogP contribution in [0.2, 0.25) is 0 Å². The molecule has 0 spiro atoms. The van der Waals surface area contributed by atoms with Gasteiger partial charge in [-0.05, 0) is 20.0 Å². The molecule has 0 atom stereocenters. The van der Waals surface area contributed by atoms with E-state index in [2.05, 4.69) is 37.3 Å². The molecular weight excluding hydrogens is 163 g/mol. The zero-order valence-electron chi connectivity index (χ0n) is 5.95. The van der Waals surface area contributed by atoms with Crippen molar-refractivity contribution in [3.8, 4) is 0 Å². The van der Waals surface area contributed by atoms with Crippen molar-refractivity contribution < 1.29 is 0 Å². The first-order chi connectivity index (χ1) is 4.43. The Labute approximate surface area is 70.2 Å². The molecule has 10 heavy (non-hydrogen) atoms. The molecule has 0 aliphatic heterocycles. The molecule has 1 aromatic carbocycles. The van der Waals surface area contributed by atoms with Crippen molar-refractivity contribution in [3.05, 3.63) is 30.3 Å². The van der Waals surface area contributed by atoms with Crippen LogP contribution in [-0.2, 0) is 0 Å². The normalized spacial score (nSPS) is 9.70. The average molecular weight is 174 g/mol. The summed E-state index contributed by atoms with van der Waals surface area (Å²) in [6, 6.07) is 10.5. The Morgan fingerprint density at radius 1 is 1.20 bits per heavy atom. The van der Waals surface area contributed by atoms with Gasteiger partial charge in [-0.1, -0.05) is 37.3 Å². The summed E-state index contributed by atoms with van der Waals surface area (Å²) in [6.07, 6.45) is 1.21. The zero-order valence-corrected chi connectivity index (χ0v) is 7.66. The molecular formula is C8H11ClP. The van der Waals surface area contributed by atoms with E-state index >= 15 is 0 Å². The minimum Gasteiger partial charge on any atom is -0.147 e. The summed E-state index contributed by atoms with van der Waals surface area (Å²) in [5.41, 5.74) is 0. The second kappa shape index (κ2) is 5.70. The minimum atomic E-state index is 0. The van der Waals surface area contributed by atoms with E-state index in [0.29, 0.717) is 0 Å². The molecule has 0 amide bonds. The zero-order chi connectivity index (χ0) is 6.53. The van der Waals surface area contributed by atoms with Gasteiger partial charge in [0.15, 0.2) is 0 Å². The third-order valence-corrected chi connectivity index (χ3v) is 2.08. The molecule has 0 aliphatic carbocycles. The first kappa shape index (κ1) is 9.94. The van der Waals surface area contributed by atoms with Gasteiger partial charge in [0.2, 0.25) is 0 Å². The van der Waals surface area contributed by atoms with Crippen LogP contribution in [0, 0.1) is 0 Å². The van der Waals surface area contributed by atoms with Crippen LogP contribution in [0.4, 0.5) is 0 Å². The molecule has 0 bridgehead atoms. The lowest BCUT2D eigenvalue weighted by atomic mass is 10.4. The van der Waals surface area contributed by atoms with Gasteiger partial charge in [-0.3, -0.25) is 0 Å². The fraction of sp³-hybridized carbons (Fsp3) is 0.250. The van der Waals surface area contributed by atoms with Gasteiger partial charge in [0.1, 0.15) is 0 Å². The fourth-order valence-electron chi connectivity index (χ4n) is 0.716. The Bertz CT molecular complexity index is 162. The van der Waals surface area contributed by atoms with Gasteiger partial charge in [-0.15, -0.1) is 12.4 Å². The standard InChI is InChI=1S/C8H10P.ClH/c1-2-9-8-6-4-3-5-7-8;/h3-7H,2H2,1H3;1H. The van der Waals surface area contributed by atoms with E-state index in [1.54, 1.807) is 0 Å². The van der Waals surface area contributed by atoms with Crippen molar-refractivity contribution >= 4 is 26.3 Å². The van der Waals surface area contributed by atoms with Crippen LogP contribution in [0.1, 0.15) is 6.92 Å².